The molecule has 0 saturated heterocycles. The van der Waals surface area contributed by atoms with Crippen molar-refractivity contribution >= 4 is 11.7 Å². The molecule has 1 amide bonds. The predicted molar refractivity (Wildman–Crippen MR) is 85.1 cm³/mol. The topological polar surface area (TPSA) is 56.2 Å². The fraction of sp³-hybridized carbons (Fsp3) is 0.412. The van der Waals surface area contributed by atoms with Gasteiger partial charge in [-0.25, -0.2) is 0 Å². The Morgan fingerprint density at radius 1 is 1.36 bits per heavy atom. The Hall–Kier alpha value is -2.30. The number of aryl methyl sites for hydroxylation is 1. The van der Waals surface area contributed by atoms with Gasteiger partial charge in [0.2, 0.25) is 0 Å². The number of fused-ring (bicyclic) bond motifs is 1. The van der Waals surface area contributed by atoms with Gasteiger partial charge in [0.15, 0.2) is 6.10 Å². The number of benzene rings is 1. The summed E-state index contributed by atoms with van der Waals surface area (Å²) in [5.74, 6) is 1.34. The molecule has 2 aromatic rings. The zero-order valence-corrected chi connectivity index (χ0v) is 13.4. The third kappa shape index (κ3) is 2.71. The summed E-state index contributed by atoms with van der Waals surface area (Å²) in [7, 11) is 1.83. The minimum absolute atomic E-state index is 0.0547. The number of carbonyl (C=O) groups is 1. The number of amides is 1. The van der Waals surface area contributed by atoms with Crippen LogP contribution in [0.25, 0.3) is 0 Å². The highest BCUT2D eigenvalue weighted by Crippen LogP contribution is 2.29. The van der Waals surface area contributed by atoms with Crippen molar-refractivity contribution in [3.8, 4) is 5.75 Å². The quantitative estimate of drug-likeness (QED) is 0.927. The van der Waals surface area contributed by atoms with E-state index >= 15 is 0 Å². The molecule has 0 spiro atoms. The molecule has 0 radical (unpaired) electrons. The summed E-state index contributed by atoms with van der Waals surface area (Å²) in [6.07, 6.45) is 0.122. The molecule has 1 aliphatic heterocycles. The van der Waals surface area contributed by atoms with E-state index in [0.717, 1.165) is 17.0 Å². The molecule has 1 aromatic heterocycles. The maximum Gasteiger partial charge on any atom is 0.266 e. The molecule has 1 atom stereocenters. The Labute approximate surface area is 130 Å². The normalized spacial score (nSPS) is 17.0. The van der Waals surface area contributed by atoms with Crippen LogP contribution in [0.3, 0.4) is 0 Å². The number of nitrogens with one attached hydrogen (secondary N) is 1. The van der Waals surface area contributed by atoms with Gasteiger partial charge < -0.3 is 10.1 Å². The number of nitrogens with zero attached hydrogens (tertiary/aromatic N) is 2. The Morgan fingerprint density at radius 2 is 2.09 bits per heavy atom. The van der Waals surface area contributed by atoms with E-state index in [1.165, 1.54) is 0 Å². The first-order valence-corrected chi connectivity index (χ1v) is 7.44. The van der Waals surface area contributed by atoms with Gasteiger partial charge in [0.25, 0.3) is 5.91 Å². The van der Waals surface area contributed by atoms with Crippen LogP contribution in [0, 0.1) is 0 Å². The molecule has 22 heavy (non-hydrogen) atoms. The summed E-state index contributed by atoms with van der Waals surface area (Å²) in [5.41, 5.74) is 1.96. The lowest BCUT2D eigenvalue weighted by atomic mass is 9.92. The lowest BCUT2D eigenvalue weighted by molar-refractivity contribution is -0.122. The number of hydrogen-bond donors (Lipinski definition) is 1. The van der Waals surface area contributed by atoms with Crippen molar-refractivity contribution in [2.45, 2.75) is 38.7 Å². The molecule has 1 unspecified atom stereocenters. The van der Waals surface area contributed by atoms with Crippen LogP contribution < -0.4 is 10.1 Å². The number of hydrogen-bond acceptors (Lipinski definition) is 3. The molecule has 5 nitrogen and oxygen atoms in total. The van der Waals surface area contributed by atoms with E-state index in [4.69, 9.17) is 4.74 Å². The number of anilines is 1. The molecule has 3 rings (SSSR count). The van der Waals surface area contributed by atoms with E-state index < -0.39 is 6.10 Å². The summed E-state index contributed by atoms with van der Waals surface area (Å²) in [6.45, 7) is 6.28. The summed E-state index contributed by atoms with van der Waals surface area (Å²) >= 11 is 0. The predicted octanol–water partition coefficient (Wildman–Crippen LogP) is 2.66. The number of ether oxygens (including phenoxy) is 1. The monoisotopic (exact) mass is 299 g/mol. The van der Waals surface area contributed by atoms with Crippen LogP contribution >= 0.6 is 0 Å². The fourth-order valence-corrected chi connectivity index (χ4v) is 2.49. The Bertz CT molecular complexity index is 688. The van der Waals surface area contributed by atoms with Crippen molar-refractivity contribution in [1.82, 2.24) is 9.78 Å². The average Bonchev–Trinajstić information content (AvgIpc) is 3.02. The van der Waals surface area contributed by atoms with E-state index in [1.807, 2.05) is 37.4 Å². The van der Waals surface area contributed by atoms with Gasteiger partial charge in [-0.05, 0) is 11.6 Å². The molecule has 0 fully saturated rings. The smallest absolute Gasteiger partial charge is 0.266 e. The summed E-state index contributed by atoms with van der Waals surface area (Å²) in [4.78, 5) is 12.4. The third-order valence-electron chi connectivity index (χ3n) is 3.84. The van der Waals surface area contributed by atoms with Gasteiger partial charge in [-0.15, -0.1) is 0 Å². The molecule has 2 heterocycles. The van der Waals surface area contributed by atoms with Gasteiger partial charge in [0.05, 0.1) is 5.69 Å². The van der Waals surface area contributed by atoms with E-state index in [9.17, 15) is 4.79 Å². The third-order valence-corrected chi connectivity index (χ3v) is 3.84. The highest BCUT2D eigenvalue weighted by molar-refractivity contribution is 5.94. The summed E-state index contributed by atoms with van der Waals surface area (Å²) in [5, 5.41) is 7.38. The van der Waals surface area contributed by atoms with Crippen LogP contribution in [-0.2, 0) is 23.7 Å². The molecule has 116 valence electrons. The Morgan fingerprint density at radius 3 is 2.73 bits per heavy atom. The summed E-state index contributed by atoms with van der Waals surface area (Å²) < 4.78 is 7.41. The minimum atomic E-state index is -0.481. The van der Waals surface area contributed by atoms with Crippen molar-refractivity contribution in [3.05, 3.63) is 41.6 Å². The number of aromatic nitrogens is 2. The van der Waals surface area contributed by atoms with Gasteiger partial charge in [-0.3, -0.25) is 9.48 Å². The van der Waals surface area contributed by atoms with Crippen LogP contribution in [0.4, 0.5) is 5.82 Å². The van der Waals surface area contributed by atoms with Crippen LogP contribution in [-0.4, -0.2) is 21.8 Å². The van der Waals surface area contributed by atoms with Crippen molar-refractivity contribution in [2.75, 3.05) is 5.32 Å². The molecule has 1 N–H and O–H groups in total. The first-order valence-electron chi connectivity index (χ1n) is 7.44. The lowest BCUT2D eigenvalue weighted by Gasteiger charge is -2.13. The van der Waals surface area contributed by atoms with Crippen LogP contribution in [0.1, 0.15) is 32.0 Å². The zero-order chi connectivity index (χ0) is 15.9. The molecular formula is C17H21N3O2. The number of rotatable bonds is 2. The second kappa shape index (κ2) is 5.16. The molecule has 1 aromatic carbocycles. The van der Waals surface area contributed by atoms with Crippen molar-refractivity contribution < 1.29 is 9.53 Å². The Balaban J connectivity index is 1.72. The largest absolute Gasteiger partial charge is 0.480 e. The van der Waals surface area contributed by atoms with Crippen molar-refractivity contribution in [3.63, 3.8) is 0 Å². The number of carbonyl (C=O) groups excluding carboxylic acids is 1. The molecule has 0 aliphatic carbocycles. The van der Waals surface area contributed by atoms with E-state index in [0.29, 0.717) is 12.2 Å². The molecule has 1 aliphatic rings. The molecule has 0 saturated carbocycles. The Kier molecular flexibility index (Phi) is 3.43. The van der Waals surface area contributed by atoms with Crippen molar-refractivity contribution in [1.29, 1.82) is 0 Å². The van der Waals surface area contributed by atoms with Gasteiger partial charge in [0, 0.05) is 24.9 Å². The van der Waals surface area contributed by atoms with Crippen LogP contribution in [0.15, 0.2) is 30.3 Å². The highest BCUT2D eigenvalue weighted by atomic mass is 16.5. The van der Waals surface area contributed by atoms with E-state index in [-0.39, 0.29) is 11.3 Å². The first kappa shape index (κ1) is 14.6. The van der Waals surface area contributed by atoms with Crippen LogP contribution in [0.2, 0.25) is 0 Å². The zero-order valence-electron chi connectivity index (χ0n) is 13.4. The van der Waals surface area contributed by atoms with Crippen LogP contribution in [0.5, 0.6) is 5.75 Å². The van der Waals surface area contributed by atoms with Gasteiger partial charge in [-0.2, -0.15) is 5.10 Å². The average molecular weight is 299 g/mol. The highest BCUT2D eigenvalue weighted by Gasteiger charge is 2.29. The van der Waals surface area contributed by atoms with Gasteiger partial charge in [-0.1, -0.05) is 39.0 Å². The second-order valence-electron chi connectivity index (χ2n) is 6.70. The maximum absolute atomic E-state index is 12.4. The second-order valence-corrected chi connectivity index (χ2v) is 6.70. The molecule has 0 bridgehead atoms. The van der Waals surface area contributed by atoms with E-state index in [1.54, 1.807) is 4.68 Å². The standard InChI is InChI=1S/C17H21N3O2/c1-17(2,3)14-10-15(20(4)19-14)18-16(21)13-9-11-7-5-6-8-12(11)22-13/h5-8,10,13H,9H2,1-4H3,(H,18,21). The van der Waals surface area contributed by atoms with Gasteiger partial charge >= 0.3 is 0 Å². The first-order chi connectivity index (χ1) is 10.3. The van der Waals surface area contributed by atoms with Gasteiger partial charge in [0.1, 0.15) is 11.6 Å². The molecular weight excluding hydrogens is 278 g/mol. The maximum atomic E-state index is 12.4. The molecule has 5 heteroatoms. The fourth-order valence-electron chi connectivity index (χ4n) is 2.49. The lowest BCUT2D eigenvalue weighted by Crippen LogP contribution is -2.32. The minimum Gasteiger partial charge on any atom is -0.480 e. The summed E-state index contributed by atoms with van der Waals surface area (Å²) in [6, 6.07) is 9.67. The van der Waals surface area contributed by atoms with Crippen molar-refractivity contribution in [2.24, 2.45) is 7.05 Å². The SMILES string of the molecule is Cn1nc(C(C)(C)C)cc1NC(=O)C1Cc2ccccc2O1. The van der Waals surface area contributed by atoms with E-state index in [2.05, 4.69) is 31.2 Å². The number of para-hydroxylation sites is 1.